The van der Waals surface area contributed by atoms with E-state index in [0.29, 0.717) is 43.6 Å². The maximum absolute atomic E-state index is 12.6. The molecule has 3 atom stereocenters. The number of carbonyl (C=O) groups is 4. The van der Waals surface area contributed by atoms with Gasteiger partial charge in [-0.15, -0.1) is 0 Å². The molecular formula is C28H50Co2O9. The summed E-state index contributed by atoms with van der Waals surface area (Å²) in [4.78, 5) is 48.8. The number of unbranched alkanes of at least 4 members (excludes halogenated alkanes) is 3. The molecule has 3 unspecified atom stereocenters. The first-order chi connectivity index (χ1) is 18.5. The average Bonchev–Trinajstić information content (AvgIpc) is 2.92. The van der Waals surface area contributed by atoms with Crippen molar-refractivity contribution in [2.24, 2.45) is 11.3 Å². The molecular weight excluding hydrogens is 598 g/mol. The second-order valence-electron chi connectivity index (χ2n) is 9.99. The Bertz CT molecular complexity index is 715. The van der Waals surface area contributed by atoms with Gasteiger partial charge >= 0.3 is 248 Å². The van der Waals surface area contributed by atoms with Gasteiger partial charge in [0.2, 0.25) is 0 Å². The second kappa shape index (κ2) is 22.7. The van der Waals surface area contributed by atoms with Crippen LogP contribution in [0.25, 0.3) is 0 Å². The van der Waals surface area contributed by atoms with E-state index in [-0.39, 0.29) is 50.4 Å². The number of carbonyl (C=O) groups excluding carboxylic acids is 4. The molecule has 0 heterocycles. The quantitative estimate of drug-likeness (QED) is 0.0871. The summed E-state index contributed by atoms with van der Waals surface area (Å²) in [6.45, 7) is 11.5. The molecule has 0 aliphatic carbocycles. The molecule has 0 aromatic carbocycles. The van der Waals surface area contributed by atoms with Gasteiger partial charge in [-0.3, -0.25) is 0 Å². The molecule has 0 fully saturated rings. The molecule has 234 valence electrons. The van der Waals surface area contributed by atoms with Gasteiger partial charge in [0, 0.05) is 0 Å². The van der Waals surface area contributed by atoms with Crippen molar-refractivity contribution in [2.75, 3.05) is 26.4 Å². The van der Waals surface area contributed by atoms with Crippen LogP contribution in [0.2, 0.25) is 10.2 Å². The Morgan fingerprint density at radius 2 is 1.56 bits per heavy atom. The van der Waals surface area contributed by atoms with E-state index in [1.807, 2.05) is 6.92 Å². The number of aliphatic hydroxyl groups is 1. The Kier molecular flexibility index (Phi) is 22.1. The normalized spacial score (nSPS) is 14.0. The fraction of sp³-hybridized carbons (Fsp3) is 0.857. The van der Waals surface area contributed by atoms with Gasteiger partial charge in [-0.2, -0.15) is 0 Å². The van der Waals surface area contributed by atoms with Gasteiger partial charge in [0.05, 0.1) is 0 Å². The van der Waals surface area contributed by atoms with Crippen molar-refractivity contribution in [2.45, 2.75) is 116 Å². The van der Waals surface area contributed by atoms with Crippen molar-refractivity contribution in [3.05, 3.63) is 0 Å². The minimum absolute atomic E-state index is 0.103. The molecule has 11 heteroatoms. The maximum atomic E-state index is 12.6. The first-order valence-corrected chi connectivity index (χ1v) is 16.2. The van der Waals surface area contributed by atoms with Crippen LogP contribution in [-0.4, -0.2) is 60.3 Å². The van der Waals surface area contributed by atoms with Gasteiger partial charge in [0.1, 0.15) is 0 Å². The number of rotatable bonds is 24. The number of ether oxygens (including phenoxy) is 3. The van der Waals surface area contributed by atoms with Crippen molar-refractivity contribution in [3.8, 4) is 0 Å². The second-order valence-corrected chi connectivity index (χ2v) is 12.5. The van der Waals surface area contributed by atoms with Gasteiger partial charge in [0.25, 0.3) is 0 Å². The van der Waals surface area contributed by atoms with E-state index in [2.05, 4.69) is 13.8 Å². The third-order valence-electron chi connectivity index (χ3n) is 5.82. The van der Waals surface area contributed by atoms with Gasteiger partial charge < -0.3 is 0 Å². The van der Waals surface area contributed by atoms with Crippen LogP contribution in [0.4, 0.5) is 0 Å². The third kappa shape index (κ3) is 18.1. The molecule has 0 spiro atoms. The molecule has 0 aromatic rings. The summed E-state index contributed by atoms with van der Waals surface area (Å²) in [5.74, 6) is -0.920. The molecule has 0 amide bonds. The van der Waals surface area contributed by atoms with Crippen LogP contribution in [0.15, 0.2) is 0 Å². The standard InChI is InChI=1S/C12H23O2.C10H16O5.C6H11O2.2Co/c1-4-7-9-11(6-3)10-14-12(13)8-5-2;1-7(11)8(12)14-5-6-15-9(13)10(2,3)4;7-5-3-1-2-4-6-8;;/h8,11H,4-7,9-10H2,1-3H3;7H,2,5-6H2,1,3-4H3;7H,1-5H2;;/q;-1;;;+1. The SMILES string of the molecule is CCCCC(CC)COC(=O)[CH](CC)[Co][CH2]C(C)(C)C(=O)OCCOC(=O)C(C)[O][Co][C](=O)CCCCCO. The summed E-state index contributed by atoms with van der Waals surface area (Å²) in [5, 5.41) is 9.18. The van der Waals surface area contributed by atoms with Crippen molar-refractivity contribution >= 4 is 22.6 Å². The van der Waals surface area contributed by atoms with E-state index < -0.39 is 23.5 Å². The topological polar surface area (TPSA) is 125 Å². The number of hydrogen-bond acceptors (Lipinski definition) is 9. The molecule has 1 N–H and O–H groups in total. The van der Waals surface area contributed by atoms with E-state index in [1.165, 1.54) is 6.92 Å². The van der Waals surface area contributed by atoms with Gasteiger partial charge in [0.15, 0.2) is 0 Å². The van der Waals surface area contributed by atoms with E-state index in [1.54, 1.807) is 13.8 Å². The van der Waals surface area contributed by atoms with Crippen molar-refractivity contribution in [1.29, 1.82) is 0 Å². The van der Waals surface area contributed by atoms with E-state index in [4.69, 9.17) is 23.2 Å². The molecule has 0 aliphatic heterocycles. The molecule has 0 rings (SSSR count). The first-order valence-electron chi connectivity index (χ1n) is 13.9. The average molecular weight is 649 g/mol. The minimum atomic E-state index is -0.929. The number of hydrogen-bond donors (Lipinski definition) is 1. The number of aliphatic hydroxyl groups excluding tert-OH is 1. The first kappa shape index (κ1) is 38.0. The molecule has 0 aromatic heterocycles. The third-order valence-corrected chi connectivity index (χ3v) is 9.12. The van der Waals surface area contributed by atoms with E-state index >= 15 is 0 Å². The summed E-state index contributed by atoms with van der Waals surface area (Å²) in [6, 6.07) is 0. The zero-order valence-electron chi connectivity index (χ0n) is 24.5. The van der Waals surface area contributed by atoms with E-state index in [9.17, 15) is 19.2 Å². The molecule has 0 aliphatic rings. The van der Waals surface area contributed by atoms with Crippen LogP contribution in [-0.2, 0) is 67.0 Å². The summed E-state index contributed by atoms with van der Waals surface area (Å²) in [6.07, 6.45) is 6.38. The van der Waals surface area contributed by atoms with Gasteiger partial charge in [-0.05, 0) is 0 Å². The van der Waals surface area contributed by atoms with E-state index in [0.717, 1.165) is 46.8 Å². The Morgan fingerprint density at radius 3 is 2.18 bits per heavy atom. The van der Waals surface area contributed by atoms with Crippen LogP contribution in [0.1, 0.15) is 99.3 Å². The van der Waals surface area contributed by atoms with Gasteiger partial charge in [-0.1, -0.05) is 0 Å². The monoisotopic (exact) mass is 648 g/mol. The molecule has 0 saturated carbocycles. The van der Waals surface area contributed by atoms with Crippen LogP contribution in [0.3, 0.4) is 0 Å². The fourth-order valence-electron chi connectivity index (χ4n) is 3.11. The summed E-state index contributed by atoms with van der Waals surface area (Å²) < 4.78 is 21.1. The Morgan fingerprint density at radius 1 is 0.872 bits per heavy atom. The van der Waals surface area contributed by atoms with Crippen molar-refractivity contribution in [3.63, 3.8) is 0 Å². The van der Waals surface area contributed by atoms with Crippen LogP contribution in [0.5, 0.6) is 0 Å². The van der Waals surface area contributed by atoms with Crippen LogP contribution >= 0.6 is 0 Å². The summed E-state index contributed by atoms with van der Waals surface area (Å²) in [7, 11) is 0. The van der Waals surface area contributed by atoms with Crippen LogP contribution in [0, 0.1) is 11.3 Å². The zero-order valence-corrected chi connectivity index (χ0v) is 26.6. The van der Waals surface area contributed by atoms with Gasteiger partial charge in [-0.25, -0.2) is 0 Å². The number of esters is 3. The zero-order chi connectivity index (χ0) is 29.7. The Labute approximate surface area is 247 Å². The predicted octanol–water partition coefficient (Wildman–Crippen LogP) is 5.04. The van der Waals surface area contributed by atoms with Crippen molar-refractivity contribution in [1.82, 2.24) is 0 Å². The van der Waals surface area contributed by atoms with Crippen molar-refractivity contribution < 1.29 is 72.1 Å². The molecule has 39 heavy (non-hydrogen) atoms. The Balaban J connectivity index is 4.33. The molecule has 0 bridgehead atoms. The fourth-order valence-corrected chi connectivity index (χ4v) is 5.32. The predicted molar refractivity (Wildman–Crippen MR) is 140 cm³/mol. The summed E-state index contributed by atoms with van der Waals surface area (Å²) >= 11 is 0.965. The van der Waals surface area contributed by atoms with Crippen LogP contribution < -0.4 is 0 Å². The Hall–Kier alpha value is -0.987. The molecule has 0 saturated heterocycles. The summed E-state index contributed by atoms with van der Waals surface area (Å²) in [5.41, 5.74) is -0.822. The molecule has 0 radical (unpaired) electrons. The molecule has 9 nitrogen and oxygen atoms in total.